The highest BCUT2D eigenvalue weighted by Gasteiger charge is 2.50. The summed E-state index contributed by atoms with van der Waals surface area (Å²) in [6, 6.07) is 1.43. The molecule has 1 saturated heterocycles. The Labute approximate surface area is 112 Å². The summed E-state index contributed by atoms with van der Waals surface area (Å²) in [6.45, 7) is 7.91. The van der Waals surface area contributed by atoms with Crippen LogP contribution in [0.3, 0.4) is 0 Å². The highest BCUT2D eigenvalue weighted by molar-refractivity contribution is 6.52. The number of hydrogen-bond donors (Lipinski definition) is 2. The van der Waals surface area contributed by atoms with E-state index in [1.165, 1.54) is 12.3 Å². The Morgan fingerprint density at radius 1 is 1.26 bits per heavy atom. The minimum absolute atomic E-state index is 0.135. The normalized spacial score (nSPS) is 21.2. The van der Waals surface area contributed by atoms with E-state index in [4.69, 9.17) is 15.0 Å². The van der Waals surface area contributed by atoms with Gasteiger partial charge in [-0.05, 0) is 27.7 Å². The number of rotatable bonds is 2. The summed E-state index contributed by atoms with van der Waals surface area (Å²) in [7, 11) is -0.482. The van der Waals surface area contributed by atoms with Crippen molar-refractivity contribution in [2.24, 2.45) is 0 Å². The van der Waals surface area contributed by atoms with Crippen LogP contribution in [0.1, 0.15) is 33.3 Å². The highest BCUT2D eigenvalue weighted by atomic mass is 16.7. The Morgan fingerprint density at radius 3 is 2.37 bits per heavy atom. The number of nitrogens with one attached hydrogen (secondary N) is 1. The van der Waals surface area contributed by atoms with E-state index in [9.17, 15) is 4.79 Å². The Balaban J connectivity index is 2.20. The first kappa shape index (κ1) is 13.9. The molecular formula is C13H19BN2O3. The van der Waals surface area contributed by atoms with Gasteiger partial charge in [-0.1, -0.05) is 12.1 Å². The van der Waals surface area contributed by atoms with Gasteiger partial charge in [0.25, 0.3) is 0 Å². The molecule has 0 atom stereocenters. The molecule has 1 aromatic rings. The quantitative estimate of drug-likeness (QED) is 0.793. The molecule has 5 nitrogen and oxygen atoms in total. The fourth-order valence-electron chi connectivity index (χ4n) is 1.82. The number of nitrogen functional groups attached to an aromatic ring is 1. The lowest BCUT2D eigenvalue weighted by atomic mass is 9.89. The third-order valence-electron chi connectivity index (χ3n) is 3.72. The molecule has 0 saturated carbocycles. The Hall–Kier alpha value is -1.53. The molecule has 1 aliphatic rings. The maximum absolute atomic E-state index is 11.7. The maximum Gasteiger partial charge on any atom is 0.487 e. The van der Waals surface area contributed by atoms with E-state index >= 15 is 0 Å². The van der Waals surface area contributed by atoms with E-state index < -0.39 is 18.3 Å². The molecule has 0 aliphatic carbocycles. The monoisotopic (exact) mass is 262 g/mol. The predicted molar refractivity (Wildman–Crippen MR) is 76.6 cm³/mol. The van der Waals surface area contributed by atoms with Crippen LogP contribution in [0.25, 0.3) is 6.08 Å². The van der Waals surface area contributed by atoms with Crippen LogP contribution in [0.15, 0.2) is 23.0 Å². The number of pyridine rings is 1. The minimum atomic E-state index is -0.482. The van der Waals surface area contributed by atoms with E-state index in [2.05, 4.69) is 4.98 Å². The van der Waals surface area contributed by atoms with Crippen molar-refractivity contribution in [1.82, 2.24) is 4.98 Å². The lowest BCUT2D eigenvalue weighted by molar-refractivity contribution is 0.00578. The van der Waals surface area contributed by atoms with Gasteiger partial charge in [0.05, 0.1) is 16.8 Å². The van der Waals surface area contributed by atoms with Gasteiger partial charge in [0.1, 0.15) is 5.82 Å². The molecule has 2 rings (SSSR count). The molecule has 0 unspecified atom stereocenters. The molecule has 0 radical (unpaired) electrons. The molecule has 1 aliphatic heterocycles. The number of anilines is 1. The number of aromatic nitrogens is 1. The molecule has 19 heavy (non-hydrogen) atoms. The van der Waals surface area contributed by atoms with Gasteiger partial charge in [-0.25, -0.2) is 0 Å². The van der Waals surface area contributed by atoms with E-state index in [0.29, 0.717) is 11.4 Å². The molecule has 2 heterocycles. The van der Waals surface area contributed by atoms with Crippen LogP contribution >= 0.6 is 0 Å². The summed E-state index contributed by atoms with van der Waals surface area (Å²) in [5.41, 5.74) is 5.22. The fourth-order valence-corrected chi connectivity index (χ4v) is 1.82. The third-order valence-corrected chi connectivity index (χ3v) is 3.72. The molecule has 0 bridgehead atoms. The molecule has 0 aromatic carbocycles. The highest BCUT2D eigenvalue weighted by Crippen LogP contribution is 2.36. The van der Waals surface area contributed by atoms with Gasteiger partial charge in [0.2, 0.25) is 0 Å². The van der Waals surface area contributed by atoms with Crippen LogP contribution in [-0.4, -0.2) is 23.3 Å². The van der Waals surface area contributed by atoms with Crippen molar-refractivity contribution in [3.8, 4) is 0 Å². The average Bonchev–Trinajstić information content (AvgIpc) is 2.46. The topological polar surface area (TPSA) is 77.3 Å². The summed E-state index contributed by atoms with van der Waals surface area (Å²) in [6.07, 6.45) is 3.15. The zero-order chi connectivity index (χ0) is 14.3. The molecule has 0 amide bonds. The SMILES string of the molecule is CC1(C)OB(/C=C/c2c(N)[nH]ccc2=O)OC1(C)C. The van der Waals surface area contributed by atoms with Crippen LogP contribution in [0, 0.1) is 0 Å². The van der Waals surface area contributed by atoms with Crippen molar-refractivity contribution in [2.45, 2.75) is 38.9 Å². The van der Waals surface area contributed by atoms with Crippen molar-refractivity contribution in [2.75, 3.05) is 5.73 Å². The third kappa shape index (κ3) is 2.59. The summed E-state index contributed by atoms with van der Waals surface area (Å²) in [5, 5.41) is 0. The van der Waals surface area contributed by atoms with Crippen LogP contribution in [0.5, 0.6) is 0 Å². The fraction of sp³-hybridized carbons (Fsp3) is 0.462. The van der Waals surface area contributed by atoms with E-state index in [1.807, 2.05) is 27.7 Å². The Morgan fingerprint density at radius 2 is 1.84 bits per heavy atom. The van der Waals surface area contributed by atoms with Crippen molar-refractivity contribution >= 4 is 19.0 Å². The van der Waals surface area contributed by atoms with Crippen LogP contribution < -0.4 is 11.2 Å². The second-order valence-corrected chi connectivity index (χ2v) is 5.65. The summed E-state index contributed by atoms with van der Waals surface area (Å²) in [5.74, 6) is 2.04. The van der Waals surface area contributed by atoms with Gasteiger partial charge >= 0.3 is 7.12 Å². The van der Waals surface area contributed by atoms with Crippen molar-refractivity contribution in [3.05, 3.63) is 34.0 Å². The van der Waals surface area contributed by atoms with Crippen LogP contribution in [-0.2, 0) is 9.31 Å². The largest absolute Gasteiger partial charge is 0.487 e. The first-order valence-corrected chi connectivity index (χ1v) is 6.24. The lowest BCUT2D eigenvalue weighted by Gasteiger charge is -2.32. The Kier molecular flexibility index (Phi) is 3.32. The zero-order valence-electron chi connectivity index (χ0n) is 11.7. The first-order chi connectivity index (χ1) is 8.73. The summed E-state index contributed by atoms with van der Waals surface area (Å²) < 4.78 is 11.6. The maximum atomic E-state index is 11.7. The van der Waals surface area contributed by atoms with E-state index in [1.54, 1.807) is 12.1 Å². The van der Waals surface area contributed by atoms with E-state index in [0.717, 1.165) is 0 Å². The van der Waals surface area contributed by atoms with Gasteiger partial charge in [-0.2, -0.15) is 0 Å². The number of nitrogens with two attached hydrogens (primary N) is 1. The van der Waals surface area contributed by atoms with Gasteiger partial charge in [-0.15, -0.1) is 0 Å². The molecule has 1 aromatic heterocycles. The molecule has 3 N–H and O–H groups in total. The summed E-state index contributed by atoms with van der Waals surface area (Å²) in [4.78, 5) is 14.5. The smallest absolute Gasteiger partial charge is 0.400 e. The first-order valence-electron chi connectivity index (χ1n) is 6.24. The van der Waals surface area contributed by atoms with E-state index in [-0.39, 0.29) is 5.43 Å². The van der Waals surface area contributed by atoms with Crippen molar-refractivity contribution in [3.63, 3.8) is 0 Å². The van der Waals surface area contributed by atoms with Gasteiger partial charge in [0, 0.05) is 12.3 Å². The molecule has 102 valence electrons. The second-order valence-electron chi connectivity index (χ2n) is 5.65. The number of H-pyrrole nitrogens is 1. The van der Waals surface area contributed by atoms with Gasteiger partial charge in [0.15, 0.2) is 5.43 Å². The molecular weight excluding hydrogens is 243 g/mol. The number of hydrogen-bond acceptors (Lipinski definition) is 4. The molecule has 0 spiro atoms. The molecule has 6 heteroatoms. The second kappa shape index (κ2) is 4.54. The Bertz CT molecular complexity index is 547. The number of aromatic amines is 1. The predicted octanol–water partition coefficient (Wildman–Crippen LogP) is 1.60. The minimum Gasteiger partial charge on any atom is -0.400 e. The lowest BCUT2D eigenvalue weighted by Crippen LogP contribution is -2.41. The van der Waals surface area contributed by atoms with Gasteiger partial charge in [-0.3, -0.25) is 4.79 Å². The molecule has 1 fully saturated rings. The van der Waals surface area contributed by atoms with Crippen molar-refractivity contribution in [1.29, 1.82) is 0 Å². The average molecular weight is 262 g/mol. The van der Waals surface area contributed by atoms with Gasteiger partial charge < -0.3 is 20.0 Å². The zero-order valence-corrected chi connectivity index (χ0v) is 11.7. The van der Waals surface area contributed by atoms with Crippen LogP contribution in [0.2, 0.25) is 0 Å². The van der Waals surface area contributed by atoms with Crippen molar-refractivity contribution < 1.29 is 9.31 Å². The summed E-state index contributed by atoms with van der Waals surface area (Å²) >= 11 is 0. The standard InChI is InChI=1S/C13H19BN2O3/c1-12(2)13(3,4)19-14(18-12)7-5-9-10(17)6-8-16-11(9)15/h5-8H,1-4H3,(H3,15,16,17)/b7-5+. The van der Waals surface area contributed by atoms with Crippen LogP contribution in [0.4, 0.5) is 5.82 Å².